The lowest BCUT2D eigenvalue weighted by molar-refractivity contribution is -0.139. The van der Waals surface area contributed by atoms with Gasteiger partial charge in [-0.15, -0.1) is 0 Å². The van der Waals surface area contributed by atoms with Crippen LogP contribution in [0.5, 0.6) is 5.75 Å². The highest BCUT2D eigenvalue weighted by Gasteiger charge is 2.25. The van der Waals surface area contributed by atoms with E-state index in [-0.39, 0.29) is 30.8 Å². The van der Waals surface area contributed by atoms with E-state index in [0.717, 1.165) is 5.56 Å². The summed E-state index contributed by atoms with van der Waals surface area (Å²) in [5.74, 6) is -0.245. The van der Waals surface area contributed by atoms with Crippen LogP contribution in [-0.4, -0.2) is 37.1 Å². The van der Waals surface area contributed by atoms with E-state index in [9.17, 15) is 9.18 Å². The summed E-state index contributed by atoms with van der Waals surface area (Å²) in [6.07, 6.45) is 0.118. The van der Waals surface area contributed by atoms with Gasteiger partial charge in [0.2, 0.25) is 5.91 Å². The molecule has 1 heterocycles. The highest BCUT2D eigenvalue weighted by molar-refractivity contribution is 5.76. The molecule has 4 nitrogen and oxygen atoms in total. The third kappa shape index (κ3) is 4.11. The van der Waals surface area contributed by atoms with E-state index in [1.54, 1.807) is 23.1 Å². The van der Waals surface area contributed by atoms with Gasteiger partial charge >= 0.3 is 0 Å². The molecular formula is C19H20FNO3. The topological polar surface area (TPSA) is 38.8 Å². The molecule has 1 fully saturated rings. The van der Waals surface area contributed by atoms with Crippen LogP contribution in [0, 0.1) is 5.82 Å². The number of amides is 1. The zero-order chi connectivity index (χ0) is 16.8. The van der Waals surface area contributed by atoms with E-state index in [4.69, 9.17) is 9.47 Å². The minimum atomic E-state index is -0.416. The fourth-order valence-corrected chi connectivity index (χ4v) is 2.71. The van der Waals surface area contributed by atoms with Crippen molar-refractivity contribution in [1.82, 2.24) is 4.90 Å². The summed E-state index contributed by atoms with van der Waals surface area (Å²) in [4.78, 5) is 14.1. The van der Waals surface area contributed by atoms with Gasteiger partial charge in [0.1, 0.15) is 6.10 Å². The van der Waals surface area contributed by atoms with Crippen molar-refractivity contribution in [3.8, 4) is 5.75 Å². The molecule has 1 atom stereocenters. The monoisotopic (exact) mass is 329 g/mol. The Kier molecular flexibility index (Phi) is 5.43. The molecule has 24 heavy (non-hydrogen) atoms. The number of benzene rings is 2. The van der Waals surface area contributed by atoms with Gasteiger partial charge in [-0.1, -0.05) is 42.5 Å². The second kappa shape index (κ2) is 7.93. The van der Waals surface area contributed by atoms with Crippen molar-refractivity contribution in [2.45, 2.75) is 12.5 Å². The van der Waals surface area contributed by atoms with Crippen LogP contribution in [0.4, 0.5) is 4.39 Å². The number of para-hydroxylation sites is 1. The molecule has 0 bridgehead atoms. The lowest BCUT2D eigenvalue weighted by Gasteiger charge is -2.33. The Labute approximate surface area is 140 Å². The first-order valence-electron chi connectivity index (χ1n) is 8.05. The maximum Gasteiger partial charge on any atom is 0.226 e. The number of halogens is 1. The maximum atomic E-state index is 13.5. The maximum absolute atomic E-state index is 13.5. The van der Waals surface area contributed by atoms with E-state index < -0.39 is 5.82 Å². The average Bonchev–Trinajstić information content (AvgIpc) is 2.64. The number of carbonyl (C=O) groups is 1. The molecule has 1 amide bonds. The second-order valence-electron chi connectivity index (χ2n) is 5.64. The number of rotatable bonds is 5. The average molecular weight is 329 g/mol. The molecule has 2 aromatic rings. The van der Waals surface area contributed by atoms with Crippen LogP contribution in [0.15, 0.2) is 54.6 Å². The number of ether oxygens (including phenoxy) is 2. The predicted molar refractivity (Wildman–Crippen MR) is 88.2 cm³/mol. The van der Waals surface area contributed by atoms with E-state index in [2.05, 4.69) is 0 Å². The summed E-state index contributed by atoms with van der Waals surface area (Å²) < 4.78 is 24.6. The van der Waals surface area contributed by atoms with Crippen molar-refractivity contribution in [1.29, 1.82) is 0 Å². The standard InChI is InChI=1S/C19H20FNO3/c20-16-8-4-5-9-17(16)23-12-10-19(22)21-11-13-24-18(14-21)15-6-2-1-3-7-15/h1-9,18H,10-14H2. The van der Waals surface area contributed by atoms with Gasteiger partial charge in [-0.3, -0.25) is 4.79 Å². The minimum absolute atomic E-state index is 0.00410. The third-order valence-corrected chi connectivity index (χ3v) is 4.00. The van der Waals surface area contributed by atoms with Crippen molar-refractivity contribution in [3.05, 3.63) is 66.0 Å². The first-order valence-corrected chi connectivity index (χ1v) is 8.05. The van der Waals surface area contributed by atoms with Crippen molar-refractivity contribution in [2.24, 2.45) is 0 Å². The molecule has 1 aliphatic heterocycles. The Morgan fingerprint density at radius 3 is 2.71 bits per heavy atom. The van der Waals surface area contributed by atoms with Crippen LogP contribution in [0.2, 0.25) is 0 Å². The number of morpholine rings is 1. The molecule has 5 heteroatoms. The van der Waals surface area contributed by atoms with Crippen molar-refractivity contribution in [2.75, 3.05) is 26.3 Å². The zero-order valence-electron chi connectivity index (χ0n) is 13.4. The molecule has 1 saturated heterocycles. The number of nitrogens with zero attached hydrogens (tertiary/aromatic N) is 1. The molecule has 1 unspecified atom stereocenters. The van der Waals surface area contributed by atoms with Gasteiger partial charge in [0.05, 0.1) is 26.2 Å². The van der Waals surface area contributed by atoms with Crippen LogP contribution in [-0.2, 0) is 9.53 Å². The zero-order valence-corrected chi connectivity index (χ0v) is 13.4. The van der Waals surface area contributed by atoms with Crippen LogP contribution >= 0.6 is 0 Å². The van der Waals surface area contributed by atoms with Gasteiger partial charge in [-0.05, 0) is 17.7 Å². The van der Waals surface area contributed by atoms with Gasteiger partial charge in [-0.2, -0.15) is 0 Å². The van der Waals surface area contributed by atoms with Gasteiger partial charge < -0.3 is 14.4 Å². The van der Waals surface area contributed by atoms with E-state index >= 15 is 0 Å². The summed E-state index contributed by atoms with van der Waals surface area (Å²) in [6.45, 7) is 1.77. The summed E-state index contributed by atoms with van der Waals surface area (Å²) in [5, 5.41) is 0. The van der Waals surface area contributed by atoms with Crippen LogP contribution in [0.3, 0.4) is 0 Å². The Morgan fingerprint density at radius 1 is 1.17 bits per heavy atom. The SMILES string of the molecule is O=C(CCOc1ccccc1F)N1CCOC(c2ccccc2)C1. The highest BCUT2D eigenvalue weighted by atomic mass is 19.1. The first kappa shape index (κ1) is 16.5. The minimum Gasteiger partial charge on any atom is -0.490 e. The normalized spacial score (nSPS) is 17.5. The number of hydrogen-bond donors (Lipinski definition) is 0. The molecule has 126 valence electrons. The Balaban J connectivity index is 1.50. The van der Waals surface area contributed by atoms with Crippen LogP contribution in [0.1, 0.15) is 18.1 Å². The summed E-state index contributed by atoms with van der Waals surface area (Å²) in [5.41, 5.74) is 1.07. The lowest BCUT2D eigenvalue weighted by atomic mass is 10.1. The molecule has 2 aromatic carbocycles. The Morgan fingerprint density at radius 2 is 1.92 bits per heavy atom. The number of carbonyl (C=O) groups excluding carboxylic acids is 1. The molecule has 0 spiro atoms. The molecule has 0 saturated carbocycles. The van der Waals surface area contributed by atoms with Crippen LogP contribution in [0.25, 0.3) is 0 Å². The molecule has 1 aliphatic rings. The van der Waals surface area contributed by atoms with Crippen LogP contribution < -0.4 is 4.74 Å². The van der Waals surface area contributed by atoms with Crippen molar-refractivity contribution >= 4 is 5.91 Å². The lowest BCUT2D eigenvalue weighted by Crippen LogP contribution is -2.42. The molecule has 0 N–H and O–H groups in total. The smallest absolute Gasteiger partial charge is 0.226 e. The van der Waals surface area contributed by atoms with Gasteiger partial charge in [0.25, 0.3) is 0 Å². The summed E-state index contributed by atoms with van der Waals surface area (Å²) in [7, 11) is 0. The van der Waals surface area contributed by atoms with E-state index in [0.29, 0.717) is 19.7 Å². The largest absolute Gasteiger partial charge is 0.490 e. The van der Waals surface area contributed by atoms with Crippen molar-refractivity contribution in [3.63, 3.8) is 0 Å². The van der Waals surface area contributed by atoms with Gasteiger partial charge in [0.15, 0.2) is 11.6 Å². The quantitative estimate of drug-likeness (QED) is 0.845. The Hall–Kier alpha value is -2.40. The predicted octanol–water partition coefficient (Wildman–Crippen LogP) is 3.19. The van der Waals surface area contributed by atoms with E-state index in [1.165, 1.54) is 6.07 Å². The van der Waals surface area contributed by atoms with Gasteiger partial charge in [0, 0.05) is 6.54 Å². The fourth-order valence-electron chi connectivity index (χ4n) is 2.71. The second-order valence-corrected chi connectivity index (χ2v) is 5.64. The molecule has 3 rings (SSSR count). The molecular weight excluding hydrogens is 309 g/mol. The summed E-state index contributed by atoms with van der Waals surface area (Å²) >= 11 is 0. The third-order valence-electron chi connectivity index (χ3n) is 4.00. The molecule has 0 aromatic heterocycles. The summed E-state index contributed by atoms with van der Waals surface area (Å²) in [6, 6.07) is 16.1. The Bertz CT molecular complexity index is 677. The molecule has 0 radical (unpaired) electrons. The van der Waals surface area contributed by atoms with E-state index in [1.807, 2.05) is 30.3 Å². The highest BCUT2D eigenvalue weighted by Crippen LogP contribution is 2.22. The van der Waals surface area contributed by atoms with Gasteiger partial charge in [-0.25, -0.2) is 4.39 Å². The van der Waals surface area contributed by atoms with Crippen molar-refractivity contribution < 1.29 is 18.7 Å². The molecule has 0 aliphatic carbocycles. The number of hydrogen-bond acceptors (Lipinski definition) is 3. The first-order chi connectivity index (χ1) is 11.7. The fraction of sp³-hybridized carbons (Fsp3) is 0.316.